The molecule has 3 rings (SSSR count). The van der Waals surface area contributed by atoms with Gasteiger partial charge in [-0.05, 0) is 32.4 Å². The first-order valence-electron chi connectivity index (χ1n) is 9.50. The molecule has 0 unspecified atom stereocenters. The lowest BCUT2D eigenvalue weighted by molar-refractivity contribution is 0.572. The van der Waals surface area contributed by atoms with Gasteiger partial charge >= 0.3 is 0 Å². The summed E-state index contributed by atoms with van der Waals surface area (Å²) >= 11 is 1.78. The van der Waals surface area contributed by atoms with Crippen LogP contribution in [0, 0.1) is 13.8 Å². The lowest BCUT2D eigenvalue weighted by Gasteiger charge is -2.09. The molecule has 7 heteroatoms. The van der Waals surface area contributed by atoms with Crippen LogP contribution in [0.5, 0.6) is 0 Å². The molecule has 3 aromatic rings. The number of rotatable bonds is 7. The average Bonchev–Trinajstić information content (AvgIpc) is 3.31. The van der Waals surface area contributed by atoms with Gasteiger partial charge in [-0.2, -0.15) is 0 Å². The third-order valence-electron chi connectivity index (χ3n) is 4.41. The van der Waals surface area contributed by atoms with E-state index in [4.69, 9.17) is 4.42 Å². The summed E-state index contributed by atoms with van der Waals surface area (Å²) in [6.45, 7) is 7.67. The van der Waals surface area contributed by atoms with Gasteiger partial charge in [0.05, 0.1) is 22.9 Å². The Morgan fingerprint density at radius 3 is 2.61 bits per heavy atom. The fourth-order valence-corrected chi connectivity index (χ4v) is 3.84. The smallest absolute Gasteiger partial charge is 0.226 e. The summed E-state index contributed by atoms with van der Waals surface area (Å²) < 4.78 is 5.60. The fourth-order valence-electron chi connectivity index (χ4n) is 2.82. The van der Waals surface area contributed by atoms with Gasteiger partial charge in [-0.15, -0.1) is 11.3 Å². The maximum atomic E-state index is 5.60. The van der Waals surface area contributed by atoms with E-state index in [1.807, 2.05) is 12.1 Å². The second-order valence-electron chi connectivity index (χ2n) is 6.58. The van der Waals surface area contributed by atoms with Crippen LogP contribution in [0.4, 0.5) is 0 Å². The van der Waals surface area contributed by atoms with Gasteiger partial charge in [-0.25, -0.2) is 9.97 Å². The molecule has 0 amide bonds. The SMILES string of the molecule is CCc1nc(CCNC(=NC)NCc2coc(-c3ccc(C)cc3)n2)sc1C. The zero-order valence-corrected chi connectivity index (χ0v) is 17.7. The van der Waals surface area contributed by atoms with Crippen molar-refractivity contribution in [2.24, 2.45) is 4.99 Å². The Morgan fingerprint density at radius 2 is 1.93 bits per heavy atom. The zero-order valence-electron chi connectivity index (χ0n) is 16.9. The van der Waals surface area contributed by atoms with E-state index in [1.54, 1.807) is 24.6 Å². The van der Waals surface area contributed by atoms with Crippen molar-refractivity contribution in [2.75, 3.05) is 13.6 Å². The second-order valence-corrected chi connectivity index (χ2v) is 7.86. The molecule has 0 fully saturated rings. The van der Waals surface area contributed by atoms with E-state index >= 15 is 0 Å². The van der Waals surface area contributed by atoms with Crippen LogP contribution in [-0.2, 0) is 19.4 Å². The van der Waals surface area contributed by atoms with Gasteiger partial charge < -0.3 is 15.1 Å². The van der Waals surface area contributed by atoms with Crippen molar-refractivity contribution in [3.05, 3.63) is 57.4 Å². The molecule has 2 aromatic heterocycles. The highest BCUT2D eigenvalue weighted by atomic mass is 32.1. The van der Waals surface area contributed by atoms with Crippen LogP contribution >= 0.6 is 11.3 Å². The van der Waals surface area contributed by atoms with E-state index in [0.29, 0.717) is 12.4 Å². The predicted molar refractivity (Wildman–Crippen MR) is 115 cm³/mol. The average molecular weight is 398 g/mol. The van der Waals surface area contributed by atoms with Gasteiger partial charge in [0, 0.05) is 30.5 Å². The second kappa shape index (κ2) is 9.50. The number of nitrogens with one attached hydrogen (secondary N) is 2. The minimum atomic E-state index is 0.547. The predicted octanol–water partition coefficient (Wildman–Crippen LogP) is 3.89. The molecule has 0 atom stereocenters. The summed E-state index contributed by atoms with van der Waals surface area (Å²) in [7, 11) is 1.76. The Labute approximate surface area is 170 Å². The van der Waals surface area contributed by atoms with E-state index in [0.717, 1.165) is 41.6 Å². The molecule has 148 valence electrons. The molecule has 0 saturated heterocycles. The van der Waals surface area contributed by atoms with Crippen molar-refractivity contribution in [3.8, 4) is 11.5 Å². The van der Waals surface area contributed by atoms with Gasteiger partial charge in [0.1, 0.15) is 6.26 Å². The molecule has 0 saturated carbocycles. The third kappa shape index (κ3) is 5.19. The fraction of sp³-hybridized carbons (Fsp3) is 0.381. The standard InChI is InChI=1S/C21H27N5OS/c1-5-18-15(3)28-19(26-18)10-11-23-21(22-4)24-12-17-13-27-20(25-17)16-8-6-14(2)7-9-16/h6-9,13H,5,10-12H2,1-4H3,(H2,22,23,24). The van der Waals surface area contributed by atoms with E-state index in [2.05, 4.69) is 58.5 Å². The molecule has 6 nitrogen and oxygen atoms in total. The number of guanidine groups is 1. The Kier molecular flexibility index (Phi) is 6.81. The van der Waals surface area contributed by atoms with E-state index < -0.39 is 0 Å². The van der Waals surface area contributed by atoms with Crippen LogP contribution in [0.25, 0.3) is 11.5 Å². The topological polar surface area (TPSA) is 75.3 Å². The van der Waals surface area contributed by atoms with Crippen molar-refractivity contribution >= 4 is 17.3 Å². The van der Waals surface area contributed by atoms with Crippen molar-refractivity contribution in [1.82, 2.24) is 20.6 Å². The highest BCUT2D eigenvalue weighted by molar-refractivity contribution is 7.11. The van der Waals surface area contributed by atoms with E-state index in [9.17, 15) is 0 Å². The van der Waals surface area contributed by atoms with Crippen molar-refractivity contribution in [1.29, 1.82) is 0 Å². The summed E-state index contributed by atoms with van der Waals surface area (Å²) in [5.41, 5.74) is 4.23. The molecule has 0 aliphatic rings. The summed E-state index contributed by atoms with van der Waals surface area (Å²) in [4.78, 5) is 14.8. The minimum absolute atomic E-state index is 0.547. The molecule has 0 aliphatic carbocycles. The van der Waals surface area contributed by atoms with Crippen molar-refractivity contribution < 1.29 is 4.42 Å². The first-order valence-corrected chi connectivity index (χ1v) is 10.3. The van der Waals surface area contributed by atoms with Crippen LogP contribution in [0.2, 0.25) is 0 Å². The molecule has 0 radical (unpaired) electrons. The number of thiazole rings is 1. The number of aryl methyl sites for hydroxylation is 3. The summed E-state index contributed by atoms with van der Waals surface area (Å²) in [6.07, 6.45) is 3.55. The lowest BCUT2D eigenvalue weighted by atomic mass is 10.1. The van der Waals surface area contributed by atoms with Crippen LogP contribution in [0.15, 0.2) is 39.9 Å². The lowest BCUT2D eigenvalue weighted by Crippen LogP contribution is -2.37. The van der Waals surface area contributed by atoms with Crippen LogP contribution in [0.1, 0.15) is 33.8 Å². The molecule has 0 aliphatic heterocycles. The van der Waals surface area contributed by atoms with E-state index in [-0.39, 0.29) is 0 Å². The quantitative estimate of drug-likeness (QED) is 0.467. The normalized spacial score (nSPS) is 11.6. The van der Waals surface area contributed by atoms with Gasteiger partial charge in [-0.1, -0.05) is 24.6 Å². The van der Waals surface area contributed by atoms with E-state index in [1.165, 1.54) is 16.1 Å². The maximum absolute atomic E-state index is 5.60. The summed E-state index contributed by atoms with van der Waals surface area (Å²) in [5.74, 6) is 1.37. The molecular formula is C21H27N5OS. The number of benzene rings is 1. The Bertz CT molecular complexity index is 927. The Hall–Kier alpha value is -2.67. The summed E-state index contributed by atoms with van der Waals surface area (Å²) in [5, 5.41) is 7.76. The van der Waals surface area contributed by atoms with Gasteiger partial charge in [-0.3, -0.25) is 4.99 Å². The third-order valence-corrected chi connectivity index (χ3v) is 5.49. The number of oxazole rings is 1. The highest BCUT2D eigenvalue weighted by Crippen LogP contribution is 2.19. The number of hydrogen-bond acceptors (Lipinski definition) is 5. The molecule has 28 heavy (non-hydrogen) atoms. The Balaban J connectivity index is 1.48. The largest absolute Gasteiger partial charge is 0.444 e. The first kappa shape index (κ1) is 20.1. The van der Waals surface area contributed by atoms with Gasteiger partial charge in [0.2, 0.25) is 5.89 Å². The molecule has 1 aromatic carbocycles. The molecule has 0 spiro atoms. The first-order chi connectivity index (χ1) is 13.6. The van der Waals surface area contributed by atoms with Crippen molar-refractivity contribution in [3.63, 3.8) is 0 Å². The summed E-state index contributed by atoms with van der Waals surface area (Å²) in [6, 6.07) is 8.14. The molecule has 2 heterocycles. The maximum Gasteiger partial charge on any atom is 0.226 e. The van der Waals surface area contributed by atoms with Crippen LogP contribution < -0.4 is 10.6 Å². The van der Waals surface area contributed by atoms with Crippen molar-refractivity contribution in [2.45, 2.75) is 40.2 Å². The number of hydrogen-bond donors (Lipinski definition) is 2. The number of aromatic nitrogens is 2. The number of aliphatic imine (C=N–C) groups is 1. The molecule has 0 bridgehead atoms. The number of nitrogens with zero attached hydrogens (tertiary/aromatic N) is 3. The Morgan fingerprint density at radius 1 is 1.14 bits per heavy atom. The molecular weight excluding hydrogens is 370 g/mol. The highest BCUT2D eigenvalue weighted by Gasteiger charge is 2.08. The van der Waals surface area contributed by atoms with Crippen LogP contribution in [-0.4, -0.2) is 29.5 Å². The zero-order chi connectivity index (χ0) is 19.9. The van der Waals surface area contributed by atoms with Gasteiger partial charge in [0.25, 0.3) is 0 Å². The monoisotopic (exact) mass is 397 g/mol. The minimum Gasteiger partial charge on any atom is -0.444 e. The van der Waals surface area contributed by atoms with Crippen LogP contribution in [0.3, 0.4) is 0 Å². The van der Waals surface area contributed by atoms with Gasteiger partial charge in [0.15, 0.2) is 5.96 Å². The molecule has 2 N–H and O–H groups in total.